The van der Waals surface area contributed by atoms with Gasteiger partial charge in [-0.1, -0.05) is 35.9 Å². The molecule has 2 aromatic rings. The van der Waals surface area contributed by atoms with Gasteiger partial charge < -0.3 is 15.7 Å². The van der Waals surface area contributed by atoms with E-state index in [0.29, 0.717) is 17.5 Å². The third-order valence-corrected chi connectivity index (χ3v) is 4.36. The number of phenols is 1. The number of anilines is 1. The lowest BCUT2D eigenvalue weighted by Crippen LogP contribution is -2.22. The van der Waals surface area contributed by atoms with Crippen molar-refractivity contribution in [2.45, 2.75) is 18.9 Å². The molecule has 1 heterocycles. The van der Waals surface area contributed by atoms with Crippen molar-refractivity contribution in [1.82, 2.24) is 0 Å². The van der Waals surface area contributed by atoms with Crippen LogP contribution in [0.2, 0.25) is 5.02 Å². The van der Waals surface area contributed by atoms with Crippen molar-refractivity contribution in [1.29, 1.82) is 0 Å². The van der Waals surface area contributed by atoms with Crippen molar-refractivity contribution < 1.29 is 5.11 Å². The number of phenolic OH excluding ortho intramolecular Hbond substituents is 1. The average Bonchev–Trinajstić information content (AvgIpc) is 2.82. The van der Waals surface area contributed by atoms with E-state index < -0.39 is 0 Å². The highest BCUT2D eigenvalue weighted by Crippen LogP contribution is 2.38. The van der Waals surface area contributed by atoms with Crippen LogP contribution in [0.4, 0.5) is 5.69 Å². The lowest BCUT2D eigenvalue weighted by Gasteiger charge is -2.20. The van der Waals surface area contributed by atoms with Crippen LogP contribution in [0, 0.1) is 0 Å². The minimum atomic E-state index is 0.128. The first-order valence-corrected chi connectivity index (χ1v) is 7.58. The van der Waals surface area contributed by atoms with Gasteiger partial charge in [0.25, 0.3) is 0 Å². The minimum Gasteiger partial charge on any atom is -0.506 e. The Bertz CT molecular complexity index is 644. The highest BCUT2D eigenvalue weighted by atomic mass is 35.5. The fourth-order valence-corrected chi connectivity index (χ4v) is 3.25. The molecule has 2 aromatic carbocycles. The number of benzene rings is 2. The molecule has 21 heavy (non-hydrogen) atoms. The number of nitrogens with two attached hydrogens (primary N) is 1. The first-order valence-electron chi connectivity index (χ1n) is 7.20. The fourth-order valence-electron chi connectivity index (χ4n) is 3.05. The van der Waals surface area contributed by atoms with E-state index in [1.165, 1.54) is 11.3 Å². The van der Waals surface area contributed by atoms with Gasteiger partial charge in [-0.05, 0) is 42.3 Å². The van der Waals surface area contributed by atoms with Crippen molar-refractivity contribution in [2.75, 3.05) is 18.0 Å². The molecule has 4 heteroatoms. The summed E-state index contributed by atoms with van der Waals surface area (Å²) in [5.74, 6) is 0.627. The Hall–Kier alpha value is -1.71. The Morgan fingerprint density at radius 3 is 2.81 bits per heavy atom. The molecule has 1 unspecified atom stereocenters. The van der Waals surface area contributed by atoms with Crippen molar-refractivity contribution in [3.05, 3.63) is 58.6 Å². The fraction of sp³-hybridized carbons (Fsp3) is 0.294. The predicted molar refractivity (Wildman–Crippen MR) is 87.0 cm³/mol. The van der Waals surface area contributed by atoms with Crippen LogP contribution in [-0.4, -0.2) is 18.2 Å². The lowest BCUT2D eigenvalue weighted by atomic mass is 9.98. The predicted octanol–water partition coefficient (Wildman–Crippen LogP) is 3.50. The molecule has 0 bridgehead atoms. The number of rotatable bonds is 4. The van der Waals surface area contributed by atoms with Crippen LogP contribution in [0.3, 0.4) is 0 Å². The molecule has 0 aliphatic carbocycles. The Balaban J connectivity index is 1.84. The minimum absolute atomic E-state index is 0.128. The van der Waals surface area contributed by atoms with E-state index in [-0.39, 0.29) is 5.75 Å². The molecule has 1 atom stereocenters. The quantitative estimate of drug-likeness (QED) is 0.909. The first-order chi connectivity index (χ1) is 10.2. The van der Waals surface area contributed by atoms with E-state index in [4.69, 9.17) is 17.3 Å². The summed E-state index contributed by atoms with van der Waals surface area (Å²) >= 11 is 5.99. The maximum absolute atomic E-state index is 9.51. The van der Waals surface area contributed by atoms with E-state index in [2.05, 4.69) is 29.2 Å². The zero-order valence-electron chi connectivity index (χ0n) is 11.8. The van der Waals surface area contributed by atoms with Gasteiger partial charge in [-0.3, -0.25) is 0 Å². The molecule has 1 aliphatic rings. The molecule has 0 fully saturated rings. The molecule has 1 aliphatic heterocycles. The topological polar surface area (TPSA) is 49.5 Å². The molecule has 110 valence electrons. The normalized spacial score (nSPS) is 17.0. The smallest absolute Gasteiger partial charge is 0.134 e. The molecule has 0 spiro atoms. The number of hydrogen-bond donors (Lipinski definition) is 2. The SMILES string of the molecule is NCCC1CN(Cc2ccc(O)c(Cl)c2)c2ccccc21. The number of aromatic hydroxyl groups is 1. The Morgan fingerprint density at radius 1 is 1.24 bits per heavy atom. The second-order valence-electron chi connectivity index (χ2n) is 5.50. The largest absolute Gasteiger partial charge is 0.506 e. The summed E-state index contributed by atoms with van der Waals surface area (Å²) in [4.78, 5) is 2.36. The molecule has 3 N–H and O–H groups in total. The van der Waals surface area contributed by atoms with Crippen LogP contribution in [0.15, 0.2) is 42.5 Å². The van der Waals surface area contributed by atoms with Gasteiger partial charge in [0.1, 0.15) is 5.75 Å². The van der Waals surface area contributed by atoms with Gasteiger partial charge in [-0.25, -0.2) is 0 Å². The van der Waals surface area contributed by atoms with Gasteiger partial charge in [0.2, 0.25) is 0 Å². The summed E-state index contributed by atoms with van der Waals surface area (Å²) in [7, 11) is 0. The Labute approximate surface area is 130 Å². The monoisotopic (exact) mass is 302 g/mol. The number of halogens is 1. The highest BCUT2D eigenvalue weighted by molar-refractivity contribution is 6.32. The highest BCUT2D eigenvalue weighted by Gasteiger charge is 2.27. The van der Waals surface area contributed by atoms with Crippen molar-refractivity contribution in [3.63, 3.8) is 0 Å². The van der Waals surface area contributed by atoms with Gasteiger partial charge >= 0.3 is 0 Å². The molecule has 3 rings (SSSR count). The molecular formula is C17H19ClN2O. The van der Waals surface area contributed by atoms with Crippen molar-refractivity contribution >= 4 is 17.3 Å². The van der Waals surface area contributed by atoms with E-state index in [0.717, 1.165) is 25.1 Å². The van der Waals surface area contributed by atoms with Crippen molar-refractivity contribution in [3.8, 4) is 5.75 Å². The zero-order valence-corrected chi connectivity index (χ0v) is 12.6. The third-order valence-electron chi connectivity index (χ3n) is 4.06. The maximum atomic E-state index is 9.51. The summed E-state index contributed by atoms with van der Waals surface area (Å²) in [5, 5.41) is 9.92. The standard InChI is InChI=1S/C17H19ClN2O/c18-15-9-12(5-6-17(15)21)10-20-11-13(7-8-19)14-3-1-2-4-16(14)20/h1-6,9,13,21H,7-8,10-11,19H2. The van der Waals surface area contributed by atoms with E-state index in [1.54, 1.807) is 6.07 Å². The zero-order chi connectivity index (χ0) is 14.8. The second-order valence-corrected chi connectivity index (χ2v) is 5.91. The second kappa shape index (κ2) is 5.96. The summed E-state index contributed by atoms with van der Waals surface area (Å²) in [6.07, 6.45) is 1.00. The van der Waals surface area contributed by atoms with Gasteiger partial charge in [-0.15, -0.1) is 0 Å². The summed E-state index contributed by atoms with van der Waals surface area (Å²) in [6.45, 7) is 2.48. The molecule has 0 aromatic heterocycles. The average molecular weight is 303 g/mol. The lowest BCUT2D eigenvalue weighted by molar-refractivity contribution is 0.475. The van der Waals surface area contributed by atoms with E-state index >= 15 is 0 Å². The van der Waals surface area contributed by atoms with Gasteiger partial charge in [0.05, 0.1) is 5.02 Å². The van der Waals surface area contributed by atoms with E-state index in [9.17, 15) is 5.11 Å². The molecule has 0 radical (unpaired) electrons. The van der Waals surface area contributed by atoms with Crippen LogP contribution in [0.1, 0.15) is 23.5 Å². The Kier molecular flexibility index (Phi) is 4.04. The third kappa shape index (κ3) is 2.85. The Morgan fingerprint density at radius 2 is 2.05 bits per heavy atom. The molecule has 0 saturated carbocycles. The number of hydrogen-bond acceptors (Lipinski definition) is 3. The molecule has 3 nitrogen and oxygen atoms in total. The first kappa shape index (κ1) is 14.2. The maximum Gasteiger partial charge on any atom is 0.134 e. The van der Waals surface area contributed by atoms with E-state index in [1.807, 2.05) is 12.1 Å². The van der Waals surface area contributed by atoms with Gasteiger partial charge in [0, 0.05) is 24.7 Å². The van der Waals surface area contributed by atoms with Crippen LogP contribution in [-0.2, 0) is 6.54 Å². The molecular weight excluding hydrogens is 284 g/mol. The van der Waals surface area contributed by atoms with Gasteiger partial charge in [0.15, 0.2) is 0 Å². The van der Waals surface area contributed by atoms with Gasteiger partial charge in [-0.2, -0.15) is 0 Å². The summed E-state index contributed by atoms with van der Waals surface area (Å²) in [5.41, 5.74) is 9.49. The van der Waals surface area contributed by atoms with Crippen molar-refractivity contribution in [2.24, 2.45) is 5.73 Å². The van der Waals surface area contributed by atoms with Crippen LogP contribution < -0.4 is 10.6 Å². The van der Waals surface area contributed by atoms with Crippen LogP contribution in [0.25, 0.3) is 0 Å². The molecule has 0 amide bonds. The molecule has 0 saturated heterocycles. The number of nitrogens with zero attached hydrogens (tertiary/aromatic N) is 1. The summed E-state index contributed by atoms with van der Waals surface area (Å²) in [6, 6.07) is 13.9. The number of para-hydroxylation sites is 1. The van der Waals surface area contributed by atoms with Crippen LogP contribution in [0.5, 0.6) is 5.75 Å². The number of fused-ring (bicyclic) bond motifs is 1. The summed E-state index contributed by atoms with van der Waals surface area (Å²) < 4.78 is 0. The van der Waals surface area contributed by atoms with Crippen LogP contribution >= 0.6 is 11.6 Å².